The van der Waals surface area contributed by atoms with E-state index in [1.54, 1.807) is 0 Å². The van der Waals surface area contributed by atoms with Crippen LogP contribution in [0.15, 0.2) is 35.5 Å². The van der Waals surface area contributed by atoms with Crippen molar-refractivity contribution >= 4 is 17.7 Å². The number of esters is 2. The van der Waals surface area contributed by atoms with Crippen LogP contribution in [0.1, 0.15) is 6.42 Å². The summed E-state index contributed by atoms with van der Waals surface area (Å²) in [6, 6.07) is 0. The third-order valence-corrected chi connectivity index (χ3v) is 9.74. The van der Waals surface area contributed by atoms with Gasteiger partial charge in [0, 0.05) is 23.2 Å². The number of carbonyl (C=O) groups is 3. The summed E-state index contributed by atoms with van der Waals surface area (Å²) in [4.78, 5) is 39.4. The molecule has 4 bridgehead atoms. The number of hydrogen-bond donors (Lipinski definition) is 0. The Bertz CT molecular complexity index is 911. The Morgan fingerprint density at radius 1 is 0.963 bits per heavy atom. The van der Waals surface area contributed by atoms with Crippen LogP contribution < -0.4 is 0 Å². The summed E-state index contributed by atoms with van der Waals surface area (Å²) in [6.07, 6.45) is 5.16. The van der Waals surface area contributed by atoms with Gasteiger partial charge in [0.25, 0.3) is 0 Å². The van der Waals surface area contributed by atoms with Gasteiger partial charge in [0.15, 0.2) is 0 Å². The number of carbonyl (C=O) groups excluding carboxylic acids is 3. The van der Waals surface area contributed by atoms with E-state index in [0.29, 0.717) is 40.6 Å². The van der Waals surface area contributed by atoms with Gasteiger partial charge in [0.05, 0.1) is 30.8 Å². The van der Waals surface area contributed by atoms with Gasteiger partial charge in [0.2, 0.25) is 0 Å². The van der Waals surface area contributed by atoms with Gasteiger partial charge in [-0.05, 0) is 36.0 Å². The Labute approximate surface area is 156 Å². The molecular formula is C22H20O5. The standard InChI is InChI=1S/C22H20O5/c1-7-12-8-6-9-13(12)18(23)22-11-5-4-10(21(7,22)16(8)17(9)22)14(19(24)26-2)15(11)20(25)27-3/h4-5,8-13,16-17H,1,6H2,2-3H3/t8?,9?,10-,11+,12?,13?,16?,17?,21?,22?/m1/s1. The highest BCUT2D eigenvalue weighted by Gasteiger charge is 2.97. The zero-order valence-electron chi connectivity index (χ0n) is 15.2. The van der Waals surface area contributed by atoms with Gasteiger partial charge in [-0.2, -0.15) is 0 Å². The monoisotopic (exact) mass is 364 g/mol. The van der Waals surface area contributed by atoms with Crippen molar-refractivity contribution in [3.8, 4) is 0 Å². The third kappa shape index (κ3) is 0.977. The topological polar surface area (TPSA) is 69.7 Å². The first-order valence-corrected chi connectivity index (χ1v) is 9.82. The molecule has 27 heavy (non-hydrogen) atoms. The minimum absolute atomic E-state index is 0.0904. The molecule has 5 saturated carbocycles. The van der Waals surface area contributed by atoms with Crippen LogP contribution in [0, 0.1) is 58.2 Å². The Kier molecular flexibility index (Phi) is 2.11. The molecule has 2 spiro atoms. The van der Waals surface area contributed by atoms with E-state index in [1.165, 1.54) is 19.8 Å². The molecule has 0 radical (unpaired) electrons. The number of rotatable bonds is 2. The molecule has 5 nitrogen and oxygen atoms in total. The number of allylic oxidation sites excluding steroid dienone is 3. The van der Waals surface area contributed by atoms with Crippen molar-refractivity contribution in [2.75, 3.05) is 14.2 Å². The van der Waals surface area contributed by atoms with Crippen molar-refractivity contribution < 1.29 is 23.9 Å². The Balaban J connectivity index is 1.59. The van der Waals surface area contributed by atoms with Crippen molar-refractivity contribution in [2.24, 2.45) is 58.2 Å². The normalized spacial score (nSPS) is 56.1. The number of hydrogen-bond acceptors (Lipinski definition) is 5. The molecule has 5 heteroatoms. The van der Waals surface area contributed by atoms with E-state index >= 15 is 0 Å². The van der Waals surface area contributed by atoms with E-state index < -0.39 is 17.4 Å². The number of ether oxygens (including phenoxy) is 2. The van der Waals surface area contributed by atoms with Gasteiger partial charge in [0.1, 0.15) is 5.78 Å². The molecule has 0 heterocycles. The molecule has 0 aliphatic heterocycles. The third-order valence-electron chi connectivity index (χ3n) is 9.74. The van der Waals surface area contributed by atoms with E-state index in [0.717, 1.165) is 6.42 Å². The molecule has 8 aliphatic rings. The van der Waals surface area contributed by atoms with E-state index in [4.69, 9.17) is 9.47 Å². The molecule has 138 valence electrons. The first-order valence-electron chi connectivity index (χ1n) is 9.82. The maximum Gasteiger partial charge on any atom is 0.334 e. The lowest BCUT2D eigenvalue weighted by Crippen LogP contribution is -2.74. The first-order chi connectivity index (χ1) is 13.0. The molecule has 0 aromatic heterocycles. The van der Waals surface area contributed by atoms with Crippen LogP contribution in [0.5, 0.6) is 0 Å². The quantitative estimate of drug-likeness (QED) is 0.551. The van der Waals surface area contributed by atoms with Gasteiger partial charge in [-0.15, -0.1) is 0 Å². The van der Waals surface area contributed by atoms with Crippen LogP contribution in [0.4, 0.5) is 0 Å². The van der Waals surface area contributed by atoms with Crippen LogP contribution in [-0.2, 0) is 23.9 Å². The summed E-state index contributed by atoms with van der Waals surface area (Å²) in [5, 5.41) is 0. The van der Waals surface area contributed by atoms with Crippen LogP contribution >= 0.6 is 0 Å². The molecule has 8 aliphatic carbocycles. The van der Waals surface area contributed by atoms with E-state index in [2.05, 4.69) is 12.7 Å². The highest BCUT2D eigenvalue weighted by molar-refractivity contribution is 6.08. The van der Waals surface area contributed by atoms with Crippen LogP contribution in [0.2, 0.25) is 0 Å². The Morgan fingerprint density at radius 3 is 2.07 bits per heavy atom. The van der Waals surface area contributed by atoms with Crippen molar-refractivity contribution in [3.05, 3.63) is 35.5 Å². The highest BCUT2D eigenvalue weighted by atomic mass is 16.5. The molecule has 10 atom stereocenters. The van der Waals surface area contributed by atoms with Gasteiger partial charge in [-0.1, -0.05) is 24.3 Å². The summed E-state index contributed by atoms with van der Waals surface area (Å²) in [5.74, 6) is 0.787. The minimum atomic E-state index is -0.577. The van der Waals surface area contributed by atoms with Gasteiger partial charge >= 0.3 is 11.9 Å². The van der Waals surface area contributed by atoms with E-state index in [-0.39, 0.29) is 29.1 Å². The summed E-state index contributed by atoms with van der Waals surface area (Å²) >= 11 is 0. The molecule has 8 unspecified atom stereocenters. The minimum Gasteiger partial charge on any atom is -0.466 e. The second-order valence-corrected chi connectivity index (χ2v) is 9.44. The van der Waals surface area contributed by atoms with Gasteiger partial charge < -0.3 is 9.47 Å². The van der Waals surface area contributed by atoms with Crippen LogP contribution in [-0.4, -0.2) is 31.9 Å². The van der Waals surface area contributed by atoms with Crippen molar-refractivity contribution in [1.29, 1.82) is 0 Å². The average Bonchev–Trinajstić information content (AvgIpc) is 3.22. The second-order valence-electron chi connectivity index (χ2n) is 9.44. The first kappa shape index (κ1) is 14.8. The summed E-state index contributed by atoms with van der Waals surface area (Å²) in [5.41, 5.74) is 0.986. The molecule has 0 aromatic rings. The van der Waals surface area contributed by atoms with Crippen molar-refractivity contribution in [1.82, 2.24) is 0 Å². The number of Topliss-reactive ketones (excluding diaryl/α,β-unsaturated/α-hetero) is 1. The maximum atomic E-state index is 13.8. The number of ketones is 1. The Morgan fingerprint density at radius 2 is 1.48 bits per heavy atom. The SMILES string of the molecule is C=C1C2C3CC4C2C(=O)C25C4C3C12[C@@H]1C=C[C@H]5C(C(=O)OC)=C1C(=O)OC. The maximum absolute atomic E-state index is 13.8. The van der Waals surface area contributed by atoms with Crippen molar-refractivity contribution in [3.63, 3.8) is 0 Å². The van der Waals surface area contributed by atoms with Crippen molar-refractivity contribution in [2.45, 2.75) is 6.42 Å². The summed E-state index contributed by atoms with van der Waals surface area (Å²) < 4.78 is 10.1. The zero-order chi connectivity index (χ0) is 18.6. The average molecular weight is 364 g/mol. The predicted molar refractivity (Wildman–Crippen MR) is 91.7 cm³/mol. The molecule has 0 N–H and O–H groups in total. The summed E-state index contributed by atoms with van der Waals surface area (Å²) in [6.45, 7) is 4.53. The number of fused-ring (bicyclic) bond motifs is 1. The van der Waals surface area contributed by atoms with Crippen LogP contribution in [0.3, 0.4) is 0 Å². The van der Waals surface area contributed by atoms with Gasteiger partial charge in [-0.3, -0.25) is 4.79 Å². The Hall–Kier alpha value is -2.17. The predicted octanol–water partition coefficient (Wildman–Crippen LogP) is 1.70. The number of methoxy groups -OCH3 is 2. The molecule has 5 fully saturated rings. The lowest BCUT2D eigenvalue weighted by molar-refractivity contribution is -0.206. The molecular weight excluding hydrogens is 344 g/mol. The zero-order valence-corrected chi connectivity index (χ0v) is 15.2. The highest BCUT2D eigenvalue weighted by Crippen LogP contribution is 2.97. The second kappa shape index (κ2) is 3.85. The van der Waals surface area contributed by atoms with Crippen LogP contribution in [0.25, 0.3) is 0 Å². The van der Waals surface area contributed by atoms with Gasteiger partial charge in [-0.25, -0.2) is 9.59 Å². The lowest BCUT2D eigenvalue weighted by atomic mass is 9.27. The molecule has 0 saturated heterocycles. The largest absolute Gasteiger partial charge is 0.466 e. The fourth-order valence-electron chi connectivity index (χ4n) is 9.83. The van der Waals surface area contributed by atoms with E-state index in [9.17, 15) is 14.4 Å². The fourth-order valence-corrected chi connectivity index (χ4v) is 9.83. The summed E-state index contributed by atoms with van der Waals surface area (Å²) in [7, 11) is 2.67. The molecule has 8 rings (SSSR count). The smallest absolute Gasteiger partial charge is 0.334 e. The molecule has 0 amide bonds. The van der Waals surface area contributed by atoms with E-state index in [1.807, 2.05) is 6.08 Å². The molecule has 0 aromatic carbocycles. The lowest BCUT2D eigenvalue weighted by Gasteiger charge is -2.73. The fraction of sp³-hybridized carbons (Fsp3) is 0.591.